The average Bonchev–Trinajstić information content (AvgIpc) is 2.22. The van der Waals surface area contributed by atoms with Crippen molar-refractivity contribution in [3.8, 4) is 0 Å². The van der Waals surface area contributed by atoms with E-state index in [1.165, 1.54) is 0 Å². The minimum absolute atomic E-state index is 0.143. The molecule has 14 heavy (non-hydrogen) atoms. The maximum atomic E-state index is 8.24. The quantitative estimate of drug-likeness (QED) is 0.580. The van der Waals surface area contributed by atoms with Crippen molar-refractivity contribution in [3.63, 3.8) is 0 Å². The predicted molar refractivity (Wildman–Crippen MR) is 56.4 cm³/mol. The maximum absolute atomic E-state index is 8.24. The van der Waals surface area contributed by atoms with Crippen molar-refractivity contribution >= 4 is 0 Å². The first kappa shape index (κ1) is 16.3. The molecule has 0 unspecified atom stereocenters. The van der Waals surface area contributed by atoms with E-state index in [1.807, 2.05) is 0 Å². The minimum atomic E-state index is 0.143. The lowest BCUT2D eigenvalue weighted by Gasteiger charge is -1.97. The van der Waals surface area contributed by atoms with Crippen molar-refractivity contribution in [3.05, 3.63) is 0 Å². The van der Waals surface area contributed by atoms with Crippen LogP contribution in [-0.4, -0.2) is 50.4 Å². The third kappa shape index (κ3) is 22.6. The number of unbranched alkanes of at least 4 members (excludes halogenated alkanes) is 1. The van der Waals surface area contributed by atoms with Crippen LogP contribution in [0.3, 0.4) is 0 Å². The van der Waals surface area contributed by atoms with Gasteiger partial charge in [0.15, 0.2) is 0 Å². The van der Waals surface area contributed by atoms with Crippen LogP contribution in [0.15, 0.2) is 0 Å². The molecule has 0 aromatic heterocycles. The zero-order chi connectivity index (χ0) is 11.1. The van der Waals surface area contributed by atoms with E-state index in [9.17, 15) is 0 Å². The second kappa shape index (κ2) is 18.6. The highest BCUT2D eigenvalue weighted by molar-refractivity contribution is 4.30. The second-order valence-corrected chi connectivity index (χ2v) is 2.76. The van der Waals surface area contributed by atoms with Gasteiger partial charge in [-0.05, 0) is 12.8 Å². The Bertz CT molecular complexity index is 68.5. The zero-order valence-electron chi connectivity index (χ0n) is 9.37. The molecule has 0 saturated heterocycles. The van der Waals surface area contributed by atoms with Gasteiger partial charge in [0.1, 0.15) is 0 Å². The molecule has 88 valence electrons. The van der Waals surface area contributed by atoms with Gasteiger partial charge in [0.2, 0.25) is 0 Å². The SMILES string of the molecule is CCCCOCCO.COCCCO. The molecule has 0 aliphatic rings. The standard InChI is InChI=1S/C6H14O2.C4H10O2/c1-2-3-5-8-6-4-7;1-6-4-2-3-5/h7H,2-6H2,1H3;5H,2-4H2,1H3. The van der Waals surface area contributed by atoms with Gasteiger partial charge in [-0.1, -0.05) is 13.3 Å². The fourth-order valence-corrected chi connectivity index (χ4v) is 0.622. The van der Waals surface area contributed by atoms with E-state index in [-0.39, 0.29) is 13.2 Å². The first-order valence-electron chi connectivity index (χ1n) is 5.11. The van der Waals surface area contributed by atoms with Crippen molar-refractivity contribution < 1.29 is 19.7 Å². The van der Waals surface area contributed by atoms with Gasteiger partial charge in [0, 0.05) is 26.9 Å². The summed E-state index contributed by atoms with van der Waals surface area (Å²) in [4.78, 5) is 0. The lowest BCUT2D eigenvalue weighted by atomic mass is 10.4. The van der Waals surface area contributed by atoms with Gasteiger partial charge >= 0.3 is 0 Å². The van der Waals surface area contributed by atoms with Crippen LogP contribution in [0.1, 0.15) is 26.2 Å². The summed E-state index contributed by atoms with van der Waals surface area (Å²) in [5.74, 6) is 0. The van der Waals surface area contributed by atoms with Gasteiger partial charge in [-0.25, -0.2) is 0 Å². The minimum Gasteiger partial charge on any atom is -0.396 e. The Labute approximate surface area is 86.8 Å². The zero-order valence-corrected chi connectivity index (χ0v) is 9.37. The summed E-state index contributed by atoms with van der Waals surface area (Å²) in [5, 5.41) is 16.4. The number of aliphatic hydroxyl groups is 2. The number of methoxy groups -OCH3 is 1. The molecule has 2 N–H and O–H groups in total. The molecule has 0 aromatic carbocycles. The molecule has 0 aliphatic carbocycles. The number of rotatable bonds is 8. The first-order chi connectivity index (χ1) is 6.83. The van der Waals surface area contributed by atoms with Crippen LogP contribution < -0.4 is 0 Å². The fourth-order valence-electron chi connectivity index (χ4n) is 0.622. The summed E-state index contributed by atoms with van der Waals surface area (Å²) in [6, 6.07) is 0. The molecule has 0 aliphatic heterocycles. The molecular formula is C10H24O4. The summed E-state index contributed by atoms with van der Waals surface area (Å²) in [5.41, 5.74) is 0. The van der Waals surface area contributed by atoms with Crippen LogP contribution >= 0.6 is 0 Å². The molecule has 0 spiro atoms. The molecule has 0 bridgehead atoms. The molecule has 0 atom stereocenters. The van der Waals surface area contributed by atoms with E-state index in [1.54, 1.807) is 7.11 Å². The summed E-state index contributed by atoms with van der Waals surface area (Å²) >= 11 is 0. The molecule has 0 amide bonds. The molecule has 4 nitrogen and oxygen atoms in total. The number of ether oxygens (including phenoxy) is 2. The van der Waals surface area contributed by atoms with Gasteiger partial charge in [0.05, 0.1) is 13.2 Å². The number of hydrogen-bond acceptors (Lipinski definition) is 4. The van der Waals surface area contributed by atoms with Crippen molar-refractivity contribution in [2.45, 2.75) is 26.2 Å². The van der Waals surface area contributed by atoms with Gasteiger partial charge in [-0.3, -0.25) is 0 Å². The number of aliphatic hydroxyl groups excluding tert-OH is 2. The average molecular weight is 208 g/mol. The summed E-state index contributed by atoms with van der Waals surface area (Å²) < 4.78 is 9.60. The smallest absolute Gasteiger partial charge is 0.0697 e. The third-order valence-electron chi connectivity index (χ3n) is 1.38. The van der Waals surface area contributed by atoms with Crippen molar-refractivity contribution in [2.75, 3.05) is 40.1 Å². The van der Waals surface area contributed by atoms with E-state index in [0.29, 0.717) is 13.2 Å². The maximum Gasteiger partial charge on any atom is 0.0697 e. The molecule has 0 radical (unpaired) electrons. The van der Waals surface area contributed by atoms with E-state index >= 15 is 0 Å². The highest BCUT2D eigenvalue weighted by atomic mass is 16.5. The van der Waals surface area contributed by atoms with Crippen LogP contribution in [0.4, 0.5) is 0 Å². The van der Waals surface area contributed by atoms with Crippen LogP contribution in [0.5, 0.6) is 0 Å². The second-order valence-electron chi connectivity index (χ2n) is 2.76. The van der Waals surface area contributed by atoms with Crippen LogP contribution in [0.2, 0.25) is 0 Å². The van der Waals surface area contributed by atoms with E-state index in [4.69, 9.17) is 14.9 Å². The van der Waals surface area contributed by atoms with Crippen molar-refractivity contribution in [1.82, 2.24) is 0 Å². The Hall–Kier alpha value is -0.160. The summed E-state index contributed by atoms with van der Waals surface area (Å²) in [7, 11) is 1.62. The van der Waals surface area contributed by atoms with E-state index in [2.05, 4.69) is 11.7 Å². The van der Waals surface area contributed by atoms with Crippen molar-refractivity contribution in [1.29, 1.82) is 0 Å². The summed E-state index contributed by atoms with van der Waals surface area (Å²) in [6.45, 7) is 4.42. The van der Waals surface area contributed by atoms with E-state index in [0.717, 1.165) is 25.9 Å². The lowest BCUT2D eigenvalue weighted by molar-refractivity contribution is 0.0904. The third-order valence-corrected chi connectivity index (χ3v) is 1.38. The Morgan fingerprint density at radius 3 is 2.00 bits per heavy atom. The molecule has 0 aromatic rings. The molecule has 0 fully saturated rings. The lowest BCUT2D eigenvalue weighted by Crippen LogP contribution is -1.99. The first-order valence-corrected chi connectivity index (χ1v) is 5.11. The van der Waals surface area contributed by atoms with E-state index < -0.39 is 0 Å². The van der Waals surface area contributed by atoms with Crippen LogP contribution in [0.25, 0.3) is 0 Å². The van der Waals surface area contributed by atoms with Crippen LogP contribution in [-0.2, 0) is 9.47 Å². The Morgan fingerprint density at radius 1 is 0.929 bits per heavy atom. The van der Waals surface area contributed by atoms with Gasteiger partial charge < -0.3 is 19.7 Å². The molecule has 4 heteroatoms. The van der Waals surface area contributed by atoms with Gasteiger partial charge in [-0.2, -0.15) is 0 Å². The Balaban J connectivity index is 0. The van der Waals surface area contributed by atoms with Gasteiger partial charge in [-0.15, -0.1) is 0 Å². The van der Waals surface area contributed by atoms with Crippen LogP contribution in [0, 0.1) is 0 Å². The fraction of sp³-hybridized carbons (Fsp3) is 1.00. The molecule has 0 rings (SSSR count). The Kier molecular flexibility index (Phi) is 21.6. The monoisotopic (exact) mass is 208 g/mol. The van der Waals surface area contributed by atoms with Crippen molar-refractivity contribution in [2.24, 2.45) is 0 Å². The molecule has 0 heterocycles. The molecular weight excluding hydrogens is 184 g/mol. The molecule has 0 saturated carbocycles. The summed E-state index contributed by atoms with van der Waals surface area (Å²) in [6.07, 6.45) is 3.00. The predicted octanol–water partition coefficient (Wildman–Crippen LogP) is 0.811. The topological polar surface area (TPSA) is 58.9 Å². The highest BCUT2D eigenvalue weighted by Crippen LogP contribution is 1.85. The normalized spacial score (nSPS) is 9.43. The highest BCUT2D eigenvalue weighted by Gasteiger charge is 1.82. The largest absolute Gasteiger partial charge is 0.396 e. The number of hydrogen-bond donors (Lipinski definition) is 2. The Morgan fingerprint density at radius 2 is 1.64 bits per heavy atom. The van der Waals surface area contributed by atoms with Gasteiger partial charge in [0.25, 0.3) is 0 Å².